The lowest BCUT2D eigenvalue weighted by Gasteiger charge is -2.02. The van der Waals surface area contributed by atoms with Crippen LogP contribution in [0.3, 0.4) is 0 Å². The second-order valence-electron chi connectivity index (χ2n) is 4.01. The van der Waals surface area contributed by atoms with Crippen LogP contribution >= 0.6 is 22.9 Å². The second kappa shape index (κ2) is 4.98. The number of nitrogens with zero attached hydrogens (tertiary/aromatic N) is 3. The van der Waals surface area contributed by atoms with Crippen molar-refractivity contribution in [2.75, 3.05) is 0 Å². The molecule has 0 radical (unpaired) electrons. The van der Waals surface area contributed by atoms with E-state index in [0.29, 0.717) is 12.5 Å². The highest BCUT2D eigenvalue weighted by atomic mass is 35.5. The summed E-state index contributed by atoms with van der Waals surface area (Å²) in [6, 6.07) is 1.30. The van der Waals surface area contributed by atoms with Crippen LogP contribution in [0.4, 0.5) is 0 Å². The van der Waals surface area contributed by atoms with Gasteiger partial charge in [-0.15, -0.1) is 11.3 Å². The minimum Gasteiger partial charge on any atom is -0.293 e. The molecule has 4 nitrogen and oxygen atoms in total. The third kappa shape index (κ3) is 2.92. The molecule has 0 saturated carbocycles. The highest BCUT2D eigenvalue weighted by Gasteiger charge is 2.07. The molecule has 0 unspecified atom stereocenters. The third-order valence-electron chi connectivity index (χ3n) is 2.24. The van der Waals surface area contributed by atoms with Crippen molar-refractivity contribution < 1.29 is 0 Å². The van der Waals surface area contributed by atoms with Gasteiger partial charge in [0.15, 0.2) is 0 Å². The molecule has 0 aromatic carbocycles. The molecule has 2 aromatic rings. The first kappa shape index (κ1) is 12.3. The number of thiazole rings is 1. The number of hydrogen-bond donors (Lipinski definition) is 0. The second-order valence-corrected chi connectivity index (χ2v) is 5.29. The molecule has 0 bridgehead atoms. The van der Waals surface area contributed by atoms with Gasteiger partial charge in [-0.05, 0) is 0 Å². The predicted octanol–water partition coefficient (Wildman–Crippen LogP) is 2.52. The van der Waals surface area contributed by atoms with Gasteiger partial charge in [-0.2, -0.15) is 0 Å². The lowest BCUT2D eigenvalue weighted by molar-refractivity contribution is 0.715. The summed E-state index contributed by atoms with van der Waals surface area (Å²) in [6.07, 6.45) is 1.44. The van der Waals surface area contributed by atoms with Crippen molar-refractivity contribution >= 4 is 22.9 Å². The van der Waals surface area contributed by atoms with E-state index in [1.54, 1.807) is 11.3 Å². The topological polar surface area (TPSA) is 47.8 Å². The fourth-order valence-electron chi connectivity index (χ4n) is 1.36. The lowest BCUT2D eigenvalue weighted by Crippen LogP contribution is -2.20. The zero-order chi connectivity index (χ0) is 12.4. The van der Waals surface area contributed by atoms with Gasteiger partial charge in [0, 0.05) is 17.4 Å². The Hall–Kier alpha value is -1.20. The van der Waals surface area contributed by atoms with Crippen LogP contribution in [0.1, 0.15) is 30.5 Å². The first-order chi connectivity index (χ1) is 8.06. The number of hydrogen-bond acceptors (Lipinski definition) is 4. The van der Waals surface area contributed by atoms with Crippen LogP contribution in [-0.2, 0) is 6.54 Å². The van der Waals surface area contributed by atoms with Crippen LogP contribution in [0.25, 0.3) is 0 Å². The molecule has 6 heteroatoms. The van der Waals surface area contributed by atoms with Crippen LogP contribution in [0.2, 0.25) is 5.15 Å². The fourth-order valence-corrected chi connectivity index (χ4v) is 2.32. The molecule has 0 aliphatic rings. The molecule has 0 saturated heterocycles. The third-order valence-corrected chi connectivity index (χ3v) is 3.64. The minimum atomic E-state index is -0.163. The molecule has 0 N–H and O–H groups in total. The van der Waals surface area contributed by atoms with Crippen molar-refractivity contribution in [1.29, 1.82) is 0 Å². The van der Waals surface area contributed by atoms with Gasteiger partial charge in [-0.3, -0.25) is 9.36 Å². The van der Waals surface area contributed by atoms with Crippen LogP contribution in [-0.4, -0.2) is 14.5 Å². The normalized spacial score (nSPS) is 11.1. The summed E-state index contributed by atoms with van der Waals surface area (Å²) >= 11 is 7.24. The minimum absolute atomic E-state index is 0.163. The molecule has 90 valence electrons. The molecule has 2 aromatic heterocycles. The zero-order valence-electron chi connectivity index (χ0n) is 9.55. The molecule has 2 heterocycles. The first-order valence-electron chi connectivity index (χ1n) is 5.22. The summed E-state index contributed by atoms with van der Waals surface area (Å²) in [5.74, 6) is 0.411. The van der Waals surface area contributed by atoms with Crippen molar-refractivity contribution in [1.82, 2.24) is 14.5 Å². The average Bonchev–Trinajstić information content (AvgIpc) is 2.71. The van der Waals surface area contributed by atoms with Crippen molar-refractivity contribution in [3.63, 3.8) is 0 Å². The first-order valence-corrected chi connectivity index (χ1v) is 6.48. The maximum Gasteiger partial charge on any atom is 0.255 e. The Morgan fingerprint density at radius 1 is 1.53 bits per heavy atom. The van der Waals surface area contributed by atoms with E-state index in [-0.39, 0.29) is 10.7 Å². The van der Waals surface area contributed by atoms with Gasteiger partial charge in [0.1, 0.15) is 5.15 Å². The Labute approximate surface area is 108 Å². The largest absolute Gasteiger partial charge is 0.293 e. The van der Waals surface area contributed by atoms with Crippen molar-refractivity contribution in [3.05, 3.63) is 44.0 Å². The smallest absolute Gasteiger partial charge is 0.255 e. The number of aromatic nitrogens is 3. The quantitative estimate of drug-likeness (QED) is 0.805. The van der Waals surface area contributed by atoms with Gasteiger partial charge in [0.05, 0.1) is 23.6 Å². The SMILES string of the molecule is CC(C)c1nc(Cn2cnc(Cl)cc2=O)cs1. The van der Waals surface area contributed by atoms with Crippen molar-refractivity contribution in [2.24, 2.45) is 0 Å². The molecule has 17 heavy (non-hydrogen) atoms. The van der Waals surface area contributed by atoms with Gasteiger partial charge >= 0.3 is 0 Å². The van der Waals surface area contributed by atoms with Gasteiger partial charge < -0.3 is 0 Å². The van der Waals surface area contributed by atoms with E-state index in [1.807, 2.05) is 5.38 Å². The van der Waals surface area contributed by atoms with Gasteiger partial charge in [-0.25, -0.2) is 9.97 Å². The van der Waals surface area contributed by atoms with E-state index in [4.69, 9.17) is 11.6 Å². The summed E-state index contributed by atoms with van der Waals surface area (Å²) in [4.78, 5) is 19.9. The fraction of sp³-hybridized carbons (Fsp3) is 0.364. The average molecular weight is 270 g/mol. The Kier molecular flexibility index (Phi) is 3.59. The van der Waals surface area contributed by atoms with Gasteiger partial charge in [0.2, 0.25) is 0 Å². The maximum atomic E-state index is 11.6. The number of rotatable bonds is 3. The van der Waals surface area contributed by atoms with E-state index in [9.17, 15) is 4.79 Å². The molecule has 0 aliphatic heterocycles. The van der Waals surface area contributed by atoms with Crippen LogP contribution in [0.5, 0.6) is 0 Å². The van der Waals surface area contributed by atoms with E-state index in [0.717, 1.165) is 10.7 Å². The van der Waals surface area contributed by atoms with E-state index in [2.05, 4.69) is 23.8 Å². The van der Waals surface area contributed by atoms with E-state index in [1.165, 1.54) is 17.0 Å². The molecular formula is C11H12ClN3OS. The monoisotopic (exact) mass is 269 g/mol. The standard InChI is InChI=1S/C11H12ClN3OS/c1-7(2)11-14-8(5-17-11)4-15-6-13-9(12)3-10(15)16/h3,5-7H,4H2,1-2H3. The maximum absolute atomic E-state index is 11.6. The summed E-state index contributed by atoms with van der Waals surface area (Å²) < 4.78 is 1.49. The molecule has 0 fully saturated rings. The zero-order valence-corrected chi connectivity index (χ0v) is 11.1. The number of halogens is 1. The Morgan fingerprint density at radius 2 is 2.29 bits per heavy atom. The Bertz CT molecular complexity index is 576. The molecule has 0 aliphatic carbocycles. The lowest BCUT2D eigenvalue weighted by atomic mass is 10.2. The van der Waals surface area contributed by atoms with Crippen LogP contribution in [0, 0.1) is 0 Å². The summed E-state index contributed by atoms with van der Waals surface area (Å²) in [5, 5.41) is 3.26. The Balaban J connectivity index is 2.22. The van der Waals surface area contributed by atoms with Crippen molar-refractivity contribution in [3.8, 4) is 0 Å². The molecule has 0 amide bonds. The van der Waals surface area contributed by atoms with E-state index >= 15 is 0 Å². The highest BCUT2D eigenvalue weighted by molar-refractivity contribution is 7.09. The van der Waals surface area contributed by atoms with Gasteiger partial charge in [-0.1, -0.05) is 25.4 Å². The van der Waals surface area contributed by atoms with E-state index < -0.39 is 0 Å². The summed E-state index contributed by atoms with van der Waals surface area (Å²) in [6.45, 7) is 4.63. The van der Waals surface area contributed by atoms with Crippen LogP contribution < -0.4 is 5.56 Å². The molecule has 0 spiro atoms. The van der Waals surface area contributed by atoms with Crippen molar-refractivity contribution in [2.45, 2.75) is 26.3 Å². The van der Waals surface area contributed by atoms with Crippen LogP contribution in [0.15, 0.2) is 22.6 Å². The molecule has 0 atom stereocenters. The predicted molar refractivity (Wildman–Crippen MR) is 68.8 cm³/mol. The Morgan fingerprint density at radius 3 is 2.88 bits per heavy atom. The highest BCUT2D eigenvalue weighted by Crippen LogP contribution is 2.19. The summed E-state index contributed by atoms with van der Waals surface area (Å²) in [7, 11) is 0. The molecular weight excluding hydrogens is 258 g/mol. The van der Waals surface area contributed by atoms with Gasteiger partial charge in [0.25, 0.3) is 5.56 Å². The molecule has 2 rings (SSSR count). The summed E-state index contributed by atoms with van der Waals surface area (Å²) in [5.41, 5.74) is 0.717.